The molecule has 2 aromatic carbocycles. The highest BCUT2D eigenvalue weighted by Crippen LogP contribution is 2.41. The van der Waals surface area contributed by atoms with E-state index in [1.54, 1.807) is 18.2 Å². The molecule has 5 rings (SSSR count). The van der Waals surface area contributed by atoms with Gasteiger partial charge in [0.15, 0.2) is 0 Å². The zero-order valence-corrected chi connectivity index (χ0v) is 17.6. The van der Waals surface area contributed by atoms with Crippen LogP contribution >= 0.6 is 0 Å². The van der Waals surface area contributed by atoms with Crippen LogP contribution in [0.4, 0.5) is 20.6 Å². The molecule has 164 valence electrons. The van der Waals surface area contributed by atoms with Gasteiger partial charge < -0.3 is 20.7 Å². The fourth-order valence-electron chi connectivity index (χ4n) is 4.99. The van der Waals surface area contributed by atoms with Crippen LogP contribution in [0, 0.1) is 11.2 Å². The molecule has 0 aliphatic carbocycles. The number of carbonyl (C=O) groups excluding carboxylic acids is 1. The van der Waals surface area contributed by atoms with Crippen LogP contribution in [0.3, 0.4) is 0 Å². The summed E-state index contributed by atoms with van der Waals surface area (Å²) >= 11 is 0. The molecule has 1 spiro atoms. The Morgan fingerprint density at radius 1 is 1.03 bits per heavy atom. The average molecular weight is 425 g/mol. The number of amides is 2. The van der Waals surface area contributed by atoms with Crippen LogP contribution in [0.1, 0.15) is 19.3 Å². The third kappa shape index (κ3) is 4.12. The van der Waals surface area contributed by atoms with Crippen LogP contribution in [0.2, 0.25) is 0 Å². The summed E-state index contributed by atoms with van der Waals surface area (Å²) in [7, 11) is 0. The summed E-state index contributed by atoms with van der Waals surface area (Å²) in [5.74, 6) is -0.276. The first-order chi connectivity index (χ1) is 15.0. The predicted octanol–water partition coefficient (Wildman–Crippen LogP) is 3.79. The van der Waals surface area contributed by atoms with Gasteiger partial charge in [0.2, 0.25) is 0 Å². The second-order valence-corrected chi connectivity index (χ2v) is 9.14. The SMILES string of the molecule is Nc1ccc(-c2ccc(F)cc2)cc1NC(=O)N1CCC2(CC1)CCN(C1COC1)C2. The van der Waals surface area contributed by atoms with Gasteiger partial charge in [-0.05, 0) is 66.6 Å². The van der Waals surface area contributed by atoms with E-state index in [-0.39, 0.29) is 11.8 Å². The maximum absolute atomic E-state index is 13.2. The van der Waals surface area contributed by atoms with Crippen LogP contribution in [0.25, 0.3) is 11.1 Å². The number of nitrogens with one attached hydrogen (secondary N) is 1. The van der Waals surface area contributed by atoms with Crippen LogP contribution in [0.15, 0.2) is 42.5 Å². The molecule has 3 N–H and O–H groups in total. The molecule has 3 fully saturated rings. The standard InChI is InChI=1S/C24H29FN4O2/c25-19-4-1-17(2-5-19)18-3-6-21(26)22(13-18)27-23(30)28-10-7-24(8-11-28)9-12-29(16-24)20-14-31-15-20/h1-6,13,20H,7-12,14-16,26H2,(H,27,30). The van der Waals surface area contributed by atoms with Gasteiger partial charge in [-0.2, -0.15) is 0 Å². The third-order valence-electron chi connectivity index (χ3n) is 7.19. The predicted molar refractivity (Wildman–Crippen MR) is 119 cm³/mol. The van der Waals surface area contributed by atoms with Gasteiger partial charge in [0.05, 0.1) is 30.6 Å². The number of hydrogen-bond acceptors (Lipinski definition) is 4. The van der Waals surface area contributed by atoms with Crippen LogP contribution in [-0.4, -0.2) is 61.3 Å². The van der Waals surface area contributed by atoms with Crippen LogP contribution in [-0.2, 0) is 4.74 Å². The molecule has 0 bridgehead atoms. The number of anilines is 2. The number of piperidine rings is 1. The van der Waals surface area contributed by atoms with Crippen molar-refractivity contribution in [1.82, 2.24) is 9.80 Å². The van der Waals surface area contributed by atoms with E-state index in [0.717, 1.165) is 63.4 Å². The van der Waals surface area contributed by atoms with E-state index in [1.807, 2.05) is 17.0 Å². The zero-order chi connectivity index (χ0) is 21.4. The van der Waals surface area contributed by atoms with Crippen molar-refractivity contribution in [3.63, 3.8) is 0 Å². The molecule has 6 nitrogen and oxygen atoms in total. The van der Waals surface area contributed by atoms with Crippen molar-refractivity contribution in [2.45, 2.75) is 25.3 Å². The monoisotopic (exact) mass is 424 g/mol. The number of nitrogens with two attached hydrogens (primary N) is 1. The molecule has 2 aromatic rings. The maximum atomic E-state index is 13.2. The Balaban J connectivity index is 1.21. The van der Waals surface area contributed by atoms with Crippen molar-refractivity contribution in [1.29, 1.82) is 0 Å². The smallest absolute Gasteiger partial charge is 0.321 e. The minimum atomic E-state index is -0.276. The lowest BCUT2D eigenvalue weighted by molar-refractivity contribution is -0.0615. The molecule has 2 amide bonds. The molecule has 3 heterocycles. The Morgan fingerprint density at radius 2 is 1.71 bits per heavy atom. The van der Waals surface area contributed by atoms with Crippen molar-refractivity contribution >= 4 is 17.4 Å². The van der Waals surface area contributed by atoms with Gasteiger partial charge in [0.1, 0.15) is 5.82 Å². The number of rotatable bonds is 3. The molecule has 0 aromatic heterocycles. The largest absolute Gasteiger partial charge is 0.397 e. The minimum Gasteiger partial charge on any atom is -0.397 e. The first-order valence-corrected chi connectivity index (χ1v) is 11.0. The number of hydrogen-bond donors (Lipinski definition) is 2. The van der Waals surface area contributed by atoms with E-state index < -0.39 is 0 Å². The van der Waals surface area contributed by atoms with Gasteiger partial charge in [0.25, 0.3) is 0 Å². The number of benzene rings is 2. The van der Waals surface area contributed by atoms with Crippen molar-refractivity contribution < 1.29 is 13.9 Å². The normalized spacial score (nSPS) is 21.3. The molecule has 3 aliphatic rings. The number of nitrogens with zero attached hydrogens (tertiary/aromatic N) is 2. The zero-order valence-electron chi connectivity index (χ0n) is 17.6. The number of nitrogen functional groups attached to an aromatic ring is 1. The van der Waals surface area contributed by atoms with Gasteiger partial charge in [0, 0.05) is 19.6 Å². The molecule has 0 unspecified atom stereocenters. The second kappa shape index (κ2) is 8.13. The summed E-state index contributed by atoms with van der Waals surface area (Å²) in [5.41, 5.74) is 9.32. The Hall–Kier alpha value is -2.64. The van der Waals surface area contributed by atoms with E-state index in [4.69, 9.17) is 10.5 Å². The van der Waals surface area contributed by atoms with Gasteiger partial charge in [-0.1, -0.05) is 18.2 Å². The number of urea groups is 1. The topological polar surface area (TPSA) is 70.8 Å². The third-order valence-corrected chi connectivity index (χ3v) is 7.19. The molecule has 0 saturated carbocycles. The highest BCUT2D eigenvalue weighted by atomic mass is 19.1. The highest BCUT2D eigenvalue weighted by Gasteiger charge is 2.44. The summed E-state index contributed by atoms with van der Waals surface area (Å²) in [5, 5.41) is 2.99. The number of ether oxygens (including phenoxy) is 1. The molecule has 3 saturated heterocycles. The molecule has 31 heavy (non-hydrogen) atoms. The second-order valence-electron chi connectivity index (χ2n) is 9.14. The van der Waals surface area contributed by atoms with Crippen molar-refractivity contribution in [3.05, 3.63) is 48.3 Å². The highest BCUT2D eigenvalue weighted by molar-refractivity contribution is 5.94. The van der Waals surface area contributed by atoms with Crippen LogP contribution < -0.4 is 11.1 Å². The van der Waals surface area contributed by atoms with E-state index in [1.165, 1.54) is 18.6 Å². The molecule has 0 radical (unpaired) electrons. The van der Waals surface area contributed by atoms with Gasteiger partial charge >= 0.3 is 6.03 Å². The van der Waals surface area contributed by atoms with Gasteiger partial charge in [-0.25, -0.2) is 9.18 Å². The van der Waals surface area contributed by atoms with E-state index >= 15 is 0 Å². The maximum Gasteiger partial charge on any atom is 0.321 e. The lowest BCUT2D eigenvalue weighted by Crippen LogP contribution is -2.50. The molecular weight excluding hydrogens is 395 g/mol. The van der Waals surface area contributed by atoms with Gasteiger partial charge in [-0.3, -0.25) is 4.90 Å². The van der Waals surface area contributed by atoms with E-state index in [9.17, 15) is 9.18 Å². The lowest BCUT2D eigenvalue weighted by Gasteiger charge is -2.41. The summed E-state index contributed by atoms with van der Waals surface area (Å²) in [6.45, 7) is 5.53. The molecular formula is C24H29FN4O2. The molecule has 7 heteroatoms. The first kappa shape index (κ1) is 20.3. The number of likely N-dealkylation sites (tertiary alicyclic amines) is 2. The van der Waals surface area contributed by atoms with Crippen LogP contribution in [0.5, 0.6) is 0 Å². The summed E-state index contributed by atoms with van der Waals surface area (Å²) < 4.78 is 18.6. The van der Waals surface area contributed by atoms with E-state index in [2.05, 4.69) is 10.2 Å². The van der Waals surface area contributed by atoms with Crippen molar-refractivity contribution in [2.24, 2.45) is 5.41 Å². The Labute approximate surface area is 182 Å². The fraction of sp³-hybridized carbons (Fsp3) is 0.458. The fourth-order valence-corrected chi connectivity index (χ4v) is 4.99. The Bertz CT molecular complexity index is 953. The summed E-state index contributed by atoms with van der Waals surface area (Å²) in [6, 6.07) is 12.3. The Morgan fingerprint density at radius 3 is 2.39 bits per heavy atom. The van der Waals surface area contributed by atoms with Crippen molar-refractivity contribution in [2.75, 3.05) is 50.4 Å². The number of halogens is 1. The van der Waals surface area contributed by atoms with E-state index in [0.29, 0.717) is 22.8 Å². The Kier molecular flexibility index (Phi) is 5.32. The summed E-state index contributed by atoms with van der Waals surface area (Å²) in [4.78, 5) is 17.4. The lowest BCUT2D eigenvalue weighted by atomic mass is 9.78. The summed E-state index contributed by atoms with van der Waals surface area (Å²) in [6.07, 6.45) is 3.29. The molecule has 0 atom stereocenters. The minimum absolute atomic E-state index is 0.111. The quantitative estimate of drug-likeness (QED) is 0.736. The number of carbonyl (C=O) groups is 1. The van der Waals surface area contributed by atoms with Gasteiger partial charge in [-0.15, -0.1) is 0 Å². The molecule has 3 aliphatic heterocycles. The first-order valence-electron chi connectivity index (χ1n) is 11.0. The average Bonchev–Trinajstić information content (AvgIpc) is 3.12. The van der Waals surface area contributed by atoms with Crippen molar-refractivity contribution in [3.8, 4) is 11.1 Å².